The molecule has 0 amide bonds. The van der Waals surface area contributed by atoms with Crippen LogP contribution < -0.4 is 9.62 Å². The lowest BCUT2D eigenvalue weighted by Gasteiger charge is -2.34. The molecule has 6 heteroatoms. The molecule has 0 saturated carbocycles. The maximum Gasteiger partial charge on any atom is 0.239 e. The van der Waals surface area contributed by atoms with Crippen LogP contribution in [-0.2, 0) is 10.0 Å². The zero-order valence-electron chi connectivity index (χ0n) is 15.7. The summed E-state index contributed by atoms with van der Waals surface area (Å²) in [4.78, 5) is 2.67. The molecular formula is C20H31N3O2S. The Labute approximate surface area is 157 Å². The molecule has 3 aliphatic heterocycles. The van der Waals surface area contributed by atoms with Crippen LogP contribution in [0, 0.1) is 0 Å². The van der Waals surface area contributed by atoms with Crippen LogP contribution in [0.1, 0.15) is 56.6 Å². The summed E-state index contributed by atoms with van der Waals surface area (Å²) >= 11 is 0. The second kappa shape index (κ2) is 7.49. The number of rotatable bonds is 4. The van der Waals surface area contributed by atoms with Gasteiger partial charge in [-0.1, -0.05) is 18.6 Å². The fourth-order valence-corrected chi connectivity index (χ4v) is 6.62. The number of sulfonamides is 1. The van der Waals surface area contributed by atoms with Crippen LogP contribution >= 0.6 is 0 Å². The lowest BCUT2D eigenvalue weighted by Crippen LogP contribution is -2.45. The van der Waals surface area contributed by atoms with Crippen LogP contribution in [0.4, 0.5) is 5.69 Å². The van der Waals surface area contributed by atoms with Crippen LogP contribution in [0.2, 0.25) is 0 Å². The molecule has 1 unspecified atom stereocenters. The van der Waals surface area contributed by atoms with Crippen molar-refractivity contribution in [2.24, 2.45) is 0 Å². The highest BCUT2D eigenvalue weighted by molar-refractivity contribution is 7.93. The van der Waals surface area contributed by atoms with Crippen molar-refractivity contribution in [3.8, 4) is 0 Å². The molecule has 3 heterocycles. The number of fused-ring (bicyclic) bond motifs is 1. The average molecular weight is 378 g/mol. The summed E-state index contributed by atoms with van der Waals surface area (Å²) in [6.07, 6.45) is 8.21. The molecule has 4 rings (SSSR count). The minimum absolute atomic E-state index is 0.315. The molecule has 3 aliphatic rings. The lowest BCUT2D eigenvalue weighted by molar-refractivity contribution is 0.150. The van der Waals surface area contributed by atoms with E-state index in [9.17, 15) is 8.42 Å². The van der Waals surface area contributed by atoms with E-state index in [1.165, 1.54) is 48.5 Å². The van der Waals surface area contributed by atoms with Gasteiger partial charge in [0.1, 0.15) is 0 Å². The quantitative estimate of drug-likeness (QED) is 0.877. The van der Waals surface area contributed by atoms with Crippen LogP contribution in [-0.4, -0.2) is 51.3 Å². The summed E-state index contributed by atoms with van der Waals surface area (Å²) in [5, 5.41) is 2.89. The van der Waals surface area contributed by atoms with E-state index < -0.39 is 10.0 Å². The molecule has 0 radical (unpaired) electrons. The summed E-state index contributed by atoms with van der Waals surface area (Å²) in [5.74, 6) is 0. The SMILES string of the molecule is CN(c1ccc([C@@H]2CC[C@@H]3CCCCN32)cc1)S(=O)(=O)C1CCCNC1. The summed E-state index contributed by atoms with van der Waals surface area (Å²) in [5.41, 5.74) is 2.11. The molecule has 0 spiro atoms. The largest absolute Gasteiger partial charge is 0.315 e. The Morgan fingerprint density at radius 1 is 1.04 bits per heavy atom. The molecule has 0 aromatic heterocycles. The summed E-state index contributed by atoms with van der Waals surface area (Å²) < 4.78 is 27.3. The third-order valence-electron chi connectivity index (χ3n) is 6.54. The Bertz CT molecular complexity index is 713. The molecule has 3 saturated heterocycles. The summed E-state index contributed by atoms with van der Waals surface area (Å²) in [6, 6.07) is 9.53. The Balaban J connectivity index is 1.48. The Morgan fingerprint density at radius 2 is 1.85 bits per heavy atom. The van der Waals surface area contributed by atoms with Gasteiger partial charge in [-0.05, 0) is 69.3 Å². The summed E-state index contributed by atoms with van der Waals surface area (Å²) in [6.45, 7) is 2.69. The third kappa shape index (κ3) is 3.39. The molecule has 1 N–H and O–H groups in total. The maximum atomic E-state index is 12.9. The van der Waals surface area contributed by atoms with Crippen LogP contribution in [0.15, 0.2) is 24.3 Å². The molecule has 1 aromatic rings. The Morgan fingerprint density at radius 3 is 2.58 bits per heavy atom. The first-order chi connectivity index (χ1) is 12.6. The topological polar surface area (TPSA) is 52.7 Å². The number of nitrogens with zero attached hydrogens (tertiary/aromatic N) is 2. The van der Waals surface area contributed by atoms with E-state index in [4.69, 9.17) is 0 Å². The van der Waals surface area contributed by atoms with E-state index in [1.54, 1.807) is 7.05 Å². The number of hydrogen-bond acceptors (Lipinski definition) is 4. The Hall–Kier alpha value is -1.11. The van der Waals surface area contributed by atoms with E-state index in [0.717, 1.165) is 31.1 Å². The van der Waals surface area contributed by atoms with Gasteiger partial charge in [0.15, 0.2) is 0 Å². The Kier molecular flexibility index (Phi) is 5.26. The van der Waals surface area contributed by atoms with E-state index in [-0.39, 0.29) is 5.25 Å². The van der Waals surface area contributed by atoms with Gasteiger partial charge in [-0.3, -0.25) is 9.21 Å². The molecule has 0 bridgehead atoms. The van der Waals surface area contributed by atoms with Gasteiger partial charge < -0.3 is 5.32 Å². The number of piperidine rings is 2. The molecule has 3 atom stereocenters. The molecule has 26 heavy (non-hydrogen) atoms. The molecule has 1 aromatic carbocycles. The first-order valence-electron chi connectivity index (χ1n) is 10.1. The number of hydrogen-bond donors (Lipinski definition) is 1. The minimum Gasteiger partial charge on any atom is -0.315 e. The smallest absolute Gasteiger partial charge is 0.239 e. The predicted octanol–water partition coefficient (Wildman–Crippen LogP) is 2.89. The van der Waals surface area contributed by atoms with Gasteiger partial charge in [0, 0.05) is 25.7 Å². The first-order valence-corrected chi connectivity index (χ1v) is 11.6. The van der Waals surface area contributed by atoms with Gasteiger partial charge in [-0.15, -0.1) is 0 Å². The molecule has 0 aliphatic carbocycles. The predicted molar refractivity (Wildman–Crippen MR) is 106 cm³/mol. The molecule has 144 valence electrons. The highest BCUT2D eigenvalue weighted by Gasteiger charge is 2.36. The minimum atomic E-state index is -3.31. The second-order valence-corrected chi connectivity index (χ2v) is 10.3. The zero-order chi connectivity index (χ0) is 18.1. The van der Waals surface area contributed by atoms with Crippen molar-refractivity contribution >= 4 is 15.7 Å². The van der Waals surface area contributed by atoms with Gasteiger partial charge in [-0.25, -0.2) is 8.42 Å². The summed E-state index contributed by atoms with van der Waals surface area (Å²) in [7, 11) is -1.62. The van der Waals surface area contributed by atoms with Gasteiger partial charge in [0.05, 0.1) is 10.9 Å². The van der Waals surface area contributed by atoms with Crippen LogP contribution in [0.25, 0.3) is 0 Å². The molecular weight excluding hydrogens is 346 g/mol. The van der Waals surface area contributed by atoms with Crippen molar-refractivity contribution in [2.75, 3.05) is 31.0 Å². The van der Waals surface area contributed by atoms with Crippen molar-refractivity contribution < 1.29 is 8.42 Å². The normalized spacial score (nSPS) is 30.1. The maximum absolute atomic E-state index is 12.9. The van der Waals surface area contributed by atoms with E-state index >= 15 is 0 Å². The van der Waals surface area contributed by atoms with Crippen molar-refractivity contribution in [1.29, 1.82) is 0 Å². The highest BCUT2D eigenvalue weighted by atomic mass is 32.2. The molecule has 3 fully saturated rings. The number of benzene rings is 1. The van der Waals surface area contributed by atoms with Crippen molar-refractivity contribution in [3.63, 3.8) is 0 Å². The van der Waals surface area contributed by atoms with Crippen molar-refractivity contribution in [2.45, 2.75) is 62.3 Å². The van der Waals surface area contributed by atoms with E-state index in [0.29, 0.717) is 12.6 Å². The number of anilines is 1. The van der Waals surface area contributed by atoms with Gasteiger partial charge >= 0.3 is 0 Å². The molecule has 5 nitrogen and oxygen atoms in total. The second-order valence-electron chi connectivity index (χ2n) is 8.05. The monoisotopic (exact) mass is 377 g/mol. The van der Waals surface area contributed by atoms with Gasteiger partial charge in [0.25, 0.3) is 0 Å². The van der Waals surface area contributed by atoms with E-state index in [1.807, 2.05) is 12.1 Å². The fraction of sp³-hybridized carbons (Fsp3) is 0.700. The third-order valence-corrected chi connectivity index (χ3v) is 8.76. The standard InChI is InChI=1S/C20H31N3O2S/c1-22(26(24,25)19-6-4-13-21-15-19)17-9-7-16(8-10-17)20-12-11-18-5-2-3-14-23(18)20/h7-10,18-21H,2-6,11-15H2,1H3/t18-,19?,20-/m0/s1. The van der Waals surface area contributed by atoms with Crippen molar-refractivity contribution in [3.05, 3.63) is 29.8 Å². The van der Waals surface area contributed by atoms with Crippen molar-refractivity contribution in [1.82, 2.24) is 10.2 Å². The van der Waals surface area contributed by atoms with Crippen LogP contribution in [0.5, 0.6) is 0 Å². The first kappa shape index (κ1) is 18.3. The zero-order valence-corrected chi connectivity index (χ0v) is 16.5. The average Bonchev–Trinajstić information content (AvgIpc) is 3.12. The number of nitrogens with one attached hydrogen (secondary N) is 1. The van der Waals surface area contributed by atoms with Gasteiger partial charge in [0.2, 0.25) is 10.0 Å². The van der Waals surface area contributed by atoms with E-state index in [2.05, 4.69) is 22.3 Å². The highest BCUT2D eigenvalue weighted by Crippen LogP contribution is 2.40. The van der Waals surface area contributed by atoms with Crippen LogP contribution in [0.3, 0.4) is 0 Å². The fourth-order valence-electron chi connectivity index (χ4n) is 4.97. The van der Waals surface area contributed by atoms with Gasteiger partial charge in [-0.2, -0.15) is 0 Å². The lowest BCUT2D eigenvalue weighted by atomic mass is 10.0.